The molecule has 5 heteroatoms. The minimum absolute atomic E-state index is 0.218. The van der Waals surface area contributed by atoms with Gasteiger partial charge in [0.1, 0.15) is 5.60 Å². The van der Waals surface area contributed by atoms with Gasteiger partial charge in [0.15, 0.2) is 17.1 Å². The second-order valence-corrected chi connectivity index (χ2v) is 7.37. The fraction of sp³-hybridized carbons (Fsp3) is 0.238. The Morgan fingerprint density at radius 3 is 2.85 bits per heavy atom. The van der Waals surface area contributed by atoms with E-state index in [0.29, 0.717) is 11.6 Å². The van der Waals surface area contributed by atoms with Gasteiger partial charge in [-0.3, -0.25) is 0 Å². The Morgan fingerprint density at radius 1 is 1.12 bits per heavy atom. The Labute approximate surface area is 151 Å². The zero-order valence-corrected chi connectivity index (χ0v) is 15.0. The van der Waals surface area contributed by atoms with Crippen LogP contribution in [0.1, 0.15) is 25.1 Å². The average Bonchev–Trinajstić information content (AvgIpc) is 3.13. The van der Waals surface area contributed by atoms with Gasteiger partial charge in [0.25, 0.3) is 0 Å². The van der Waals surface area contributed by atoms with Crippen molar-refractivity contribution in [2.75, 3.05) is 0 Å². The zero-order valence-electron chi connectivity index (χ0n) is 15.0. The molecule has 4 aromatic rings. The quantitative estimate of drug-likeness (QED) is 0.528. The summed E-state index contributed by atoms with van der Waals surface area (Å²) < 4.78 is 14.3. The molecule has 2 aromatic heterocycles. The van der Waals surface area contributed by atoms with E-state index in [9.17, 15) is 0 Å². The molecule has 130 valence electrons. The maximum Gasteiger partial charge on any atom is 0.230 e. The number of hydrogen-bond acceptors (Lipinski definition) is 4. The van der Waals surface area contributed by atoms with Crippen LogP contribution in [0.5, 0.6) is 17.4 Å². The number of ether oxygens (including phenoxy) is 2. The molecule has 1 aliphatic heterocycles. The molecule has 0 aliphatic carbocycles. The molecule has 2 aromatic carbocycles. The molecule has 0 radical (unpaired) electrons. The molecule has 1 aliphatic rings. The summed E-state index contributed by atoms with van der Waals surface area (Å²) in [6.45, 7) is 6.14. The Hall–Kier alpha value is -3.08. The zero-order chi connectivity index (χ0) is 17.9. The van der Waals surface area contributed by atoms with Crippen LogP contribution in [-0.2, 0) is 6.42 Å². The second kappa shape index (κ2) is 5.21. The van der Waals surface area contributed by atoms with E-state index in [0.717, 1.165) is 40.0 Å². The predicted molar refractivity (Wildman–Crippen MR) is 100 cm³/mol. The van der Waals surface area contributed by atoms with Crippen LogP contribution in [0.15, 0.2) is 48.5 Å². The highest BCUT2D eigenvalue weighted by Gasteiger charge is 2.32. The lowest BCUT2D eigenvalue weighted by Gasteiger charge is -2.18. The van der Waals surface area contributed by atoms with Gasteiger partial charge in [0.2, 0.25) is 5.88 Å². The molecular formula is C21H19N3O2. The van der Waals surface area contributed by atoms with Crippen molar-refractivity contribution in [2.24, 2.45) is 0 Å². The average molecular weight is 345 g/mol. The Bertz CT molecular complexity index is 1160. The summed E-state index contributed by atoms with van der Waals surface area (Å²) in [5, 5.41) is 5.46. The number of aryl methyl sites for hydroxylation is 1. The van der Waals surface area contributed by atoms with Crippen LogP contribution >= 0.6 is 0 Å². The number of fused-ring (bicyclic) bond motifs is 4. The lowest BCUT2D eigenvalue weighted by Crippen LogP contribution is -2.24. The van der Waals surface area contributed by atoms with E-state index in [-0.39, 0.29) is 5.60 Å². The first kappa shape index (κ1) is 15.2. The molecule has 0 bridgehead atoms. The number of hydrogen-bond donors (Lipinski definition) is 0. The van der Waals surface area contributed by atoms with Crippen molar-refractivity contribution in [3.05, 3.63) is 59.8 Å². The van der Waals surface area contributed by atoms with E-state index in [4.69, 9.17) is 14.5 Å². The Morgan fingerprint density at radius 2 is 1.96 bits per heavy atom. The third-order valence-corrected chi connectivity index (χ3v) is 4.65. The van der Waals surface area contributed by atoms with Gasteiger partial charge in [-0.15, -0.1) is 0 Å². The summed E-state index contributed by atoms with van der Waals surface area (Å²) in [5.74, 6) is 2.08. The fourth-order valence-electron chi connectivity index (χ4n) is 3.60. The number of rotatable bonds is 2. The summed E-state index contributed by atoms with van der Waals surface area (Å²) in [4.78, 5) is 4.70. The van der Waals surface area contributed by atoms with E-state index < -0.39 is 0 Å². The van der Waals surface area contributed by atoms with E-state index in [1.807, 2.05) is 53.9 Å². The molecule has 0 atom stereocenters. The Kier molecular flexibility index (Phi) is 3.04. The molecule has 0 saturated heterocycles. The SMILES string of the molecule is Cc1cc2nc(Oc3cccc4c3OC(C)(C)C4)c3ccccc3n2n1. The standard InChI is InChI=1S/C21H19N3O2/c1-13-11-18-22-20(15-8-4-5-9-16(15)24(18)23-13)25-17-10-6-7-14-12-21(2,3)26-19(14)17/h4-11H,12H2,1-3H3. The first-order chi connectivity index (χ1) is 12.5. The van der Waals surface area contributed by atoms with E-state index in [1.165, 1.54) is 0 Å². The molecular weight excluding hydrogens is 326 g/mol. The fourth-order valence-corrected chi connectivity index (χ4v) is 3.60. The van der Waals surface area contributed by atoms with Crippen LogP contribution in [0.4, 0.5) is 0 Å². The van der Waals surface area contributed by atoms with Crippen LogP contribution in [0, 0.1) is 6.92 Å². The van der Waals surface area contributed by atoms with Gasteiger partial charge in [0, 0.05) is 18.1 Å². The minimum Gasteiger partial charge on any atom is -0.483 e. The van der Waals surface area contributed by atoms with Crippen molar-refractivity contribution in [1.82, 2.24) is 14.6 Å². The van der Waals surface area contributed by atoms with Gasteiger partial charge >= 0.3 is 0 Å². The maximum atomic E-state index is 6.27. The second-order valence-electron chi connectivity index (χ2n) is 7.37. The van der Waals surface area contributed by atoms with E-state index in [2.05, 4.69) is 25.0 Å². The molecule has 3 heterocycles. The smallest absolute Gasteiger partial charge is 0.230 e. The van der Waals surface area contributed by atoms with Gasteiger partial charge in [-0.25, -0.2) is 4.52 Å². The van der Waals surface area contributed by atoms with Crippen LogP contribution in [0.2, 0.25) is 0 Å². The molecule has 5 rings (SSSR count). The molecule has 0 saturated carbocycles. The van der Waals surface area contributed by atoms with Crippen molar-refractivity contribution < 1.29 is 9.47 Å². The van der Waals surface area contributed by atoms with Gasteiger partial charge in [-0.05, 0) is 39.0 Å². The molecule has 0 spiro atoms. The van der Waals surface area contributed by atoms with Crippen LogP contribution < -0.4 is 9.47 Å². The molecule has 0 amide bonds. The number of benzene rings is 2. The van der Waals surface area contributed by atoms with Crippen LogP contribution in [-0.4, -0.2) is 20.2 Å². The van der Waals surface area contributed by atoms with E-state index >= 15 is 0 Å². The first-order valence-corrected chi connectivity index (χ1v) is 8.74. The predicted octanol–water partition coefficient (Wildman–Crippen LogP) is 4.70. The van der Waals surface area contributed by atoms with Gasteiger partial charge < -0.3 is 9.47 Å². The van der Waals surface area contributed by atoms with E-state index in [1.54, 1.807) is 0 Å². The van der Waals surface area contributed by atoms with Crippen LogP contribution in [0.25, 0.3) is 16.6 Å². The third kappa shape index (κ3) is 2.31. The molecule has 0 fully saturated rings. The van der Waals surface area contributed by atoms with Gasteiger partial charge in [-0.2, -0.15) is 10.1 Å². The highest BCUT2D eigenvalue weighted by Crippen LogP contribution is 2.43. The van der Waals surface area contributed by atoms with Gasteiger partial charge in [-0.1, -0.05) is 24.3 Å². The number of nitrogens with zero attached hydrogens (tertiary/aromatic N) is 3. The summed E-state index contributed by atoms with van der Waals surface area (Å²) in [5.41, 5.74) is 3.60. The maximum absolute atomic E-state index is 6.27. The molecule has 5 nitrogen and oxygen atoms in total. The van der Waals surface area contributed by atoms with Crippen molar-refractivity contribution in [2.45, 2.75) is 32.8 Å². The highest BCUT2D eigenvalue weighted by atomic mass is 16.5. The van der Waals surface area contributed by atoms with Crippen molar-refractivity contribution in [3.63, 3.8) is 0 Å². The first-order valence-electron chi connectivity index (χ1n) is 8.74. The summed E-state index contributed by atoms with van der Waals surface area (Å²) in [7, 11) is 0. The van der Waals surface area contributed by atoms with Gasteiger partial charge in [0.05, 0.1) is 16.6 Å². The lowest BCUT2D eigenvalue weighted by molar-refractivity contribution is 0.135. The highest BCUT2D eigenvalue weighted by molar-refractivity contribution is 5.86. The summed E-state index contributed by atoms with van der Waals surface area (Å²) >= 11 is 0. The molecule has 26 heavy (non-hydrogen) atoms. The monoisotopic (exact) mass is 345 g/mol. The largest absolute Gasteiger partial charge is 0.483 e. The van der Waals surface area contributed by atoms with Crippen LogP contribution in [0.3, 0.4) is 0 Å². The third-order valence-electron chi connectivity index (χ3n) is 4.65. The number of aromatic nitrogens is 3. The lowest BCUT2D eigenvalue weighted by atomic mass is 10.0. The topological polar surface area (TPSA) is 48.7 Å². The minimum atomic E-state index is -0.218. The van der Waals surface area contributed by atoms with Crippen molar-refractivity contribution in [1.29, 1.82) is 0 Å². The van der Waals surface area contributed by atoms with Crippen molar-refractivity contribution in [3.8, 4) is 17.4 Å². The van der Waals surface area contributed by atoms with Crippen molar-refractivity contribution >= 4 is 16.6 Å². The normalized spacial score (nSPS) is 15.2. The molecule has 0 unspecified atom stereocenters. The summed E-state index contributed by atoms with van der Waals surface area (Å²) in [6, 6.07) is 16.0. The molecule has 0 N–H and O–H groups in total. The Balaban J connectivity index is 1.68. The summed E-state index contributed by atoms with van der Waals surface area (Å²) in [6.07, 6.45) is 0.870. The number of para-hydroxylation sites is 2.